The largest absolute Gasteiger partial charge is 2.00 e. The molecule has 2 aromatic rings. The number of hydrogen-bond donors (Lipinski definition) is 0. The first-order valence-electron chi connectivity index (χ1n) is 8.79. The number of rotatable bonds is 1. The molecule has 0 fully saturated rings. The zero-order valence-electron chi connectivity index (χ0n) is 17.6. The van der Waals surface area contributed by atoms with Gasteiger partial charge in [0.25, 0.3) is 0 Å². The zero-order chi connectivity index (χ0) is 18.7. The Bertz CT molecular complexity index is 844. The molecule has 0 saturated carbocycles. The van der Waals surface area contributed by atoms with Gasteiger partial charge in [-0.25, -0.2) is 0 Å². The standard InChI is InChI=1S/C15H17.C9H12N.2ClH.Ti/c1-10-7-5-6-8-14(10)15-9-11(2)12(3)13(15)4;1-6-4-7(2)9(10)8(3)5-6;;;/h5-8H,1,9H2,2-4H3;4-5,10H,1-3H3;2*1H;/q2*-1;;;+2/p-2. The van der Waals surface area contributed by atoms with Gasteiger partial charge in [0.1, 0.15) is 0 Å². The van der Waals surface area contributed by atoms with E-state index in [0.717, 1.165) is 23.1 Å². The molecule has 0 amide bonds. The van der Waals surface area contributed by atoms with Crippen LogP contribution in [0, 0.1) is 27.7 Å². The van der Waals surface area contributed by atoms with E-state index in [1.807, 2.05) is 32.0 Å². The van der Waals surface area contributed by atoms with Crippen molar-refractivity contribution in [1.29, 1.82) is 0 Å². The van der Waals surface area contributed by atoms with E-state index in [9.17, 15) is 0 Å². The Hall–Kier alpha value is -1.12. The van der Waals surface area contributed by atoms with Crippen molar-refractivity contribution in [3.63, 3.8) is 0 Å². The molecule has 0 aromatic heterocycles. The van der Waals surface area contributed by atoms with Crippen LogP contribution in [0.2, 0.25) is 0 Å². The topological polar surface area (TPSA) is 23.8 Å². The molecule has 0 radical (unpaired) electrons. The predicted octanol–water partition coefficient (Wildman–Crippen LogP) is 1.68. The van der Waals surface area contributed by atoms with Crippen LogP contribution in [0.4, 0.5) is 5.69 Å². The van der Waals surface area contributed by atoms with Crippen molar-refractivity contribution in [2.45, 2.75) is 48.0 Å². The van der Waals surface area contributed by atoms with Crippen molar-refractivity contribution in [2.24, 2.45) is 0 Å². The molecule has 1 aliphatic rings. The number of aryl methyl sites for hydroxylation is 3. The maximum absolute atomic E-state index is 7.54. The van der Waals surface area contributed by atoms with Crippen molar-refractivity contribution in [3.8, 4) is 0 Å². The summed E-state index contributed by atoms with van der Waals surface area (Å²) in [6, 6.07) is 12.5. The fourth-order valence-electron chi connectivity index (χ4n) is 3.37. The smallest absolute Gasteiger partial charge is 1.00 e. The van der Waals surface area contributed by atoms with Crippen LogP contribution >= 0.6 is 0 Å². The zero-order valence-corrected chi connectivity index (χ0v) is 20.7. The molecule has 0 saturated heterocycles. The van der Waals surface area contributed by atoms with E-state index in [0.29, 0.717) is 5.69 Å². The van der Waals surface area contributed by atoms with Gasteiger partial charge >= 0.3 is 21.7 Å². The Morgan fingerprint density at radius 1 is 0.821 bits per heavy atom. The van der Waals surface area contributed by atoms with Crippen LogP contribution in [-0.2, 0) is 21.7 Å². The van der Waals surface area contributed by atoms with Crippen molar-refractivity contribution < 1.29 is 46.5 Å². The number of nitrogens with one attached hydrogen (secondary N) is 1. The monoisotopic (exact) mass is 449 g/mol. The van der Waals surface area contributed by atoms with Crippen LogP contribution in [0.1, 0.15) is 55.0 Å². The molecule has 0 aliphatic heterocycles. The van der Waals surface area contributed by atoms with Gasteiger partial charge in [0.15, 0.2) is 0 Å². The van der Waals surface area contributed by atoms with Crippen LogP contribution in [0.25, 0.3) is 11.3 Å². The number of allylic oxidation sites excluding steroid dienone is 4. The molecule has 1 N–H and O–H groups in total. The van der Waals surface area contributed by atoms with Crippen molar-refractivity contribution in [1.82, 2.24) is 0 Å². The fraction of sp³-hybridized carbons (Fsp3) is 0.292. The van der Waals surface area contributed by atoms with Crippen molar-refractivity contribution >= 4 is 11.3 Å². The minimum atomic E-state index is 0. The Morgan fingerprint density at radius 2 is 1.32 bits per heavy atom. The van der Waals surface area contributed by atoms with Crippen LogP contribution in [0.3, 0.4) is 0 Å². The van der Waals surface area contributed by atoms with E-state index in [1.54, 1.807) is 0 Å². The van der Waals surface area contributed by atoms with Gasteiger partial charge in [0, 0.05) is 0 Å². The molecule has 0 spiro atoms. The molecule has 3 rings (SSSR count). The van der Waals surface area contributed by atoms with E-state index >= 15 is 0 Å². The molecular formula is C24H29Cl2NTi-2. The van der Waals surface area contributed by atoms with Crippen LogP contribution in [-0.4, -0.2) is 0 Å². The Balaban J connectivity index is 0. The SMILES string of the molecule is Cc1cc(C)c([NH-])c(C)c1.[CH2-]c1ccccc1C1=C(C)C(C)=C(C)C1.[Cl-].[Cl-].[Ti+2]. The Labute approximate surface area is 198 Å². The average molecular weight is 450 g/mol. The second-order valence-electron chi connectivity index (χ2n) is 7.12. The third-order valence-corrected chi connectivity index (χ3v) is 5.12. The molecule has 0 atom stereocenters. The molecule has 1 nitrogen and oxygen atoms in total. The fourth-order valence-corrected chi connectivity index (χ4v) is 3.37. The van der Waals surface area contributed by atoms with Crippen molar-refractivity contribution in [3.05, 3.63) is 93.6 Å². The van der Waals surface area contributed by atoms with Gasteiger partial charge < -0.3 is 30.5 Å². The van der Waals surface area contributed by atoms with Crippen LogP contribution in [0.5, 0.6) is 0 Å². The summed E-state index contributed by atoms with van der Waals surface area (Å²) in [6.07, 6.45) is 1.09. The van der Waals surface area contributed by atoms with Gasteiger partial charge in [0.2, 0.25) is 0 Å². The summed E-state index contributed by atoms with van der Waals surface area (Å²) < 4.78 is 0. The van der Waals surface area contributed by atoms with E-state index in [-0.39, 0.29) is 46.5 Å². The maximum atomic E-state index is 7.54. The van der Waals surface area contributed by atoms with E-state index in [2.05, 4.69) is 52.8 Å². The molecule has 28 heavy (non-hydrogen) atoms. The molecule has 0 unspecified atom stereocenters. The first-order valence-corrected chi connectivity index (χ1v) is 8.79. The van der Waals surface area contributed by atoms with E-state index < -0.39 is 0 Å². The normalized spacial score (nSPS) is 12.4. The number of halogens is 2. The van der Waals surface area contributed by atoms with Gasteiger partial charge in [-0.15, -0.1) is 23.4 Å². The second kappa shape index (κ2) is 12.4. The third-order valence-electron chi connectivity index (χ3n) is 5.12. The maximum Gasteiger partial charge on any atom is 2.00 e. The summed E-state index contributed by atoms with van der Waals surface area (Å²) >= 11 is 0. The summed E-state index contributed by atoms with van der Waals surface area (Å²) in [7, 11) is 0. The summed E-state index contributed by atoms with van der Waals surface area (Å²) in [4.78, 5) is 0. The molecule has 4 heteroatoms. The second-order valence-corrected chi connectivity index (χ2v) is 7.12. The Kier molecular flexibility index (Phi) is 12.9. The van der Waals surface area contributed by atoms with Crippen LogP contribution < -0.4 is 24.8 Å². The molecule has 0 heterocycles. The summed E-state index contributed by atoms with van der Waals surface area (Å²) in [5, 5.41) is 0. The summed E-state index contributed by atoms with van der Waals surface area (Å²) in [6.45, 7) is 16.7. The summed E-state index contributed by atoms with van der Waals surface area (Å²) in [5.41, 5.74) is 19.9. The van der Waals surface area contributed by atoms with Gasteiger partial charge in [-0.1, -0.05) is 51.6 Å². The van der Waals surface area contributed by atoms with Gasteiger partial charge in [-0.2, -0.15) is 18.6 Å². The number of hydrogen-bond acceptors (Lipinski definition) is 0. The molecule has 150 valence electrons. The number of benzene rings is 2. The molecule has 0 bridgehead atoms. The molecular weight excluding hydrogens is 421 g/mol. The predicted molar refractivity (Wildman–Crippen MR) is 111 cm³/mol. The van der Waals surface area contributed by atoms with Gasteiger partial charge in [0.05, 0.1) is 0 Å². The molecule has 1 aliphatic carbocycles. The first-order chi connectivity index (χ1) is 11.7. The quantitative estimate of drug-likeness (QED) is 0.467. The first kappa shape index (κ1) is 29.1. The molecule has 2 aromatic carbocycles. The average Bonchev–Trinajstić information content (AvgIpc) is 2.81. The summed E-state index contributed by atoms with van der Waals surface area (Å²) in [5.74, 6) is 0. The van der Waals surface area contributed by atoms with Crippen LogP contribution in [0.15, 0.2) is 53.1 Å². The van der Waals surface area contributed by atoms with Gasteiger partial charge in [-0.3, -0.25) is 0 Å². The minimum absolute atomic E-state index is 0. The van der Waals surface area contributed by atoms with Gasteiger partial charge in [-0.05, 0) is 53.5 Å². The minimum Gasteiger partial charge on any atom is -1.00 e. The van der Waals surface area contributed by atoms with E-state index in [1.165, 1.54) is 33.4 Å². The third kappa shape index (κ3) is 6.74. The van der Waals surface area contributed by atoms with E-state index in [4.69, 9.17) is 5.73 Å². The Morgan fingerprint density at radius 3 is 1.75 bits per heavy atom. The van der Waals surface area contributed by atoms with Crippen molar-refractivity contribution in [2.75, 3.05) is 0 Å².